The summed E-state index contributed by atoms with van der Waals surface area (Å²) in [6.45, 7) is 7.96. The number of piperidine rings is 1. The second kappa shape index (κ2) is 6.54. The van der Waals surface area contributed by atoms with E-state index in [-0.39, 0.29) is 6.03 Å². The van der Waals surface area contributed by atoms with Gasteiger partial charge in [-0.15, -0.1) is 0 Å². The fourth-order valence-electron chi connectivity index (χ4n) is 4.37. The molecule has 1 N–H and O–H groups in total. The Balaban J connectivity index is 1.63. The van der Waals surface area contributed by atoms with E-state index in [2.05, 4.69) is 48.3 Å². The highest BCUT2D eigenvalue weighted by Crippen LogP contribution is 2.34. The van der Waals surface area contributed by atoms with E-state index in [1.54, 1.807) is 0 Å². The van der Waals surface area contributed by atoms with E-state index >= 15 is 0 Å². The molecule has 0 atom stereocenters. The minimum Gasteiger partial charge on any atom is -0.371 e. The lowest BCUT2D eigenvalue weighted by molar-refractivity contribution is 0.186. The zero-order valence-electron chi connectivity index (χ0n) is 15.1. The Morgan fingerprint density at radius 2 is 1.96 bits per heavy atom. The summed E-state index contributed by atoms with van der Waals surface area (Å²) in [5.74, 6) is 0. The molecule has 5 nitrogen and oxygen atoms in total. The zero-order chi connectivity index (χ0) is 17.4. The maximum Gasteiger partial charge on any atom is 0.317 e. The van der Waals surface area contributed by atoms with E-state index in [4.69, 9.17) is 4.98 Å². The number of nitrogens with one attached hydrogen (secondary N) is 1. The number of fused-ring (bicyclic) bond motifs is 1. The largest absolute Gasteiger partial charge is 0.371 e. The summed E-state index contributed by atoms with van der Waals surface area (Å²) in [5.41, 5.74) is 4.93. The molecule has 2 aliphatic rings. The molecule has 1 aromatic carbocycles. The Labute approximate surface area is 149 Å². The fourth-order valence-corrected chi connectivity index (χ4v) is 4.37. The summed E-state index contributed by atoms with van der Waals surface area (Å²) < 4.78 is 0. The van der Waals surface area contributed by atoms with Gasteiger partial charge in [-0.05, 0) is 37.8 Å². The van der Waals surface area contributed by atoms with Crippen molar-refractivity contribution in [3.63, 3.8) is 0 Å². The van der Waals surface area contributed by atoms with Crippen molar-refractivity contribution in [1.82, 2.24) is 15.2 Å². The molecule has 0 aliphatic carbocycles. The first-order chi connectivity index (χ1) is 12.2. The van der Waals surface area contributed by atoms with Gasteiger partial charge in [0.05, 0.1) is 11.2 Å². The number of hydrogen-bond acceptors (Lipinski definition) is 3. The highest BCUT2D eigenvalue weighted by molar-refractivity contribution is 5.94. The molecule has 0 radical (unpaired) electrons. The quantitative estimate of drug-likeness (QED) is 0.935. The van der Waals surface area contributed by atoms with Crippen molar-refractivity contribution >= 4 is 22.6 Å². The number of amides is 2. The molecular formula is C20H26N4O. The Bertz CT molecular complexity index is 796. The second-order valence-electron chi connectivity index (χ2n) is 7.04. The summed E-state index contributed by atoms with van der Waals surface area (Å²) in [7, 11) is 0. The Hall–Kier alpha value is -2.30. The lowest BCUT2D eigenvalue weighted by Crippen LogP contribution is -2.46. The number of carbonyl (C=O) groups excluding carboxylic acids is 1. The molecule has 25 heavy (non-hydrogen) atoms. The molecular weight excluding hydrogens is 312 g/mol. The minimum atomic E-state index is 0.109. The average Bonchev–Trinajstić information content (AvgIpc) is 3.06. The van der Waals surface area contributed by atoms with Crippen molar-refractivity contribution < 1.29 is 4.79 Å². The molecule has 2 saturated heterocycles. The summed E-state index contributed by atoms with van der Waals surface area (Å²) in [6.07, 6.45) is 3.06. The van der Waals surface area contributed by atoms with E-state index in [1.807, 2.05) is 4.90 Å². The summed E-state index contributed by atoms with van der Waals surface area (Å²) in [4.78, 5) is 21.3. The van der Waals surface area contributed by atoms with Gasteiger partial charge in [-0.3, -0.25) is 4.98 Å². The number of aryl methyl sites for hydroxylation is 1. The molecule has 2 fully saturated rings. The van der Waals surface area contributed by atoms with Gasteiger partial charge in [0.25, 0.3) is 0 Å². The van der Waals surface area contributed by atoms with Gasteiger partial charge in [-0.1, -0.05) is 25.1 Å². The standard InChI is InChI=1S/C20H26N4O/c1-3-16-14(2)22-18-7-5-4-6-17(18)19(16)23-11-8-15(9-12-23)24-13-10-21-20(24)25/h4-7,15H,3,8-13H2,1-2H3,(H,21,25). The van der Waals surface area contributed by atoms with Crippen LogP contribution in [0.4, 0.5) is 10.5 Å². The number of para-hydroxylation sites is 1. The molecule has 2 aromatic rings. The third-order valence-electron chi connectivity index (χ3n) is 5.63. The molecule has 4 rings (SSSR count). The van der Waals surface area contributed by atoms with Crippen LogP contribution >= 0.6 is 0 Å². The van der Waals surface area contributed by atoms with E-state index in [0.29, 0.717) is 6.04 Å². The molecule has 132 valence electrons. The topological polar surface area (TPSA) is 48.5 Å². The van der Waals surface area contributed by atoms with Crippen LogP contribution in [0.5, 0.6) is 0 Å². The molecule has 0 saturated carbocycles. The molecule has 3 heterocycles. The SMILES string of the molecule is CCc1c(C)nc2ccccc2c1N1CCC(N2CCNC2=O)CC1. The predicted octanol–water partition coefficient (Wildman–Crippen LogP) is 3.10. The molecule has 0 bridgehead atoms. The van der Waals surface area contributed by atoms with Crippen molar-refractivity contribution in [2.24, 2.45) is 0 Å². The van der Waals surface area contributed by atoms with Crippen molar-refractivity contribution in [3.8, 4) is 0 Å². The summed E-state index contributed by atoms with van der Waals surface area (Å²) in [5, 5.41) is 4.18. The Morgan fingerprint density at radius 1 is 1.20 bits per heavy atom. The van der Waals surface area contributed by atoms with Crippen LogP contribution < -0.4 is 10.2 Å². The van der Waals surface area contributed by atoms with Gasteiger partial charge < -0.3 is 15.1 Å². The van der Waals surface area contributed by atoms with Gasteiger partial charge in [0.2, 0.25) is 0 Å². The Morgan fingerprint density at radius 3 is 2.64 bits per heavy atom. The number of pyridine rings is 1. The summed E-state index contributed by atoms with van der Waals surface area (Å²) >= 11 is 0. The number of nitrogens with zero attached hydrogens (tertiary/aromatic N) is 3. The van der Waals surface area contributed by atoms with Gasteiger partial charge in [-0.25, -0.2) is 4.79 Å². The van der Waals surface area contributed by atoms with Crippen LogP contribution in [0.25, 0.3) is 10.9 Å². The van der Waals surface area contributed by atoms with Crippen LogP contribution in [0.1, 0.15) is 31.0 Å². The van der Waals surface area contributed by atoms with Gasteiger partial charge >= 0.3 is 6.03 Å². The number of benzene rings is 1. The average molecular weight is 338 g/mol. The van der Waals surface area contributed by atoms with Crippen molar-refractivity contribution in [1.29, 1.82) is 0 Å². The van der Waals surface area contributed by atoms with Crippen molar-refractivity contribution in [3.05, 3.63) is 35.5 Å². The fraction of sp³-hybridized carbons (Fsp3) is 0.500. The van der Waals surface area contributed by atoms with Crippen LogP contribution in [-0.4, -0.2) is 48.1 Å². The number of rotatable bonds is 3. The number of aromatic nitrogens is 1. The number of carbonyl (C=O) groups is 1. The van der Waals surface area contributed by atoms with Crippen LogP contribution in [0.3, 0.4) is 0 Å². The van der Waals surface area contributed by atoms with E-state index in [0.717, 1.165) is 56.7 Å². The molecule has 2 amide bonds. The first-order valence-corrected chi connectivity index (χ1v) is 9.36. The number of hydrogen-bond donors (Lipinski definition) is 1. The van der Waals surface area contributed by atoms with Crippen molar-refractivity contribution in [2.75, 3.05) is 31.1 Å². The smallest absolute Gasteiger partial charge is 0.317 e. The van der Waals surface area contributed by atoms with Crippen LogP contribution in [-0.2, 0) is 6.42 Å². The van der Waals surface area contributed by atoms with Crippen molar-refractivity contribution in [2.45, 2.75) is 39.2 Å². The maximum atomic E-state index is 11.9. The van der Waals surface area contributed by atoms with Gasteiger partial charge in [0.15, 0.2) is 0 Å². The monoisotopic (exact) mass is 338 g/mol. The molecule has 1 aromatic heterocycles. The minimum absolute atomic E-state index is 0.109. The predicted molar refractivity (Wildman–Crippen MR) is 101 cm³/mol. The van der Waals surface area contributed by atoms with Crippen LogP contribution in [0.2, 0.25) is 0 Å². The Kier molecular flexibility index (Phi) is 4.24. The first-order valence-electron chi connectivity index (χ1n) is 9.36. The third-order valence-corrected chi connectivity index (χ3v) is 5.63. The normalized spacial score (nSPS) is 18.9. The molecule has 0 unspecified atom stereocenters. The van der Waals surface area contributed by atoms with Gasteiger partial charge in [-0.2, -0.15) is 0 Å². The third kappa shape index (κ3) is 2.81. The van der Waals surface area contributed by atoms with Gasteiger partial charge in [0.1, 0.15) is 0 Å². The lowest BCUT2D eigenvalue weighted by Gasteiger charge is -2.38. The first kappa shape index (κ1) is 16.2. The lowest BCUT2D eigenvalue weighted by atomic mass is 9.98. The highest BCUT2D eigenvalue weighted by Gasteiger charge is 2.31. The number of anilines is 1. The van der Waals surface area contributed by atoms with E-state index in [1.165, 1.54) is 16.6 Å². The highest BCUT2D eigenvalue weighted by atomic mass is 16.2. The maximum absolute atomic E-state index is 11.9. The van der Waals surface area contributed by atoms with E-state index < -0.39 is 0 Å². The van der Waals surface area contributed by atoms with Crippen LogP contribution in [0, 0.1) is 6.92 Å². The molecule has 2 aliphatic heterocycles. The van der Waals surface area contributed by atoms with Crippen LogP contribution in [0.15, 0.2) is 24.3 Å². The van der Waals surface area contributed by atoms with E-state index in [9.17, 15) is 4.79 Å². The molecule has 5 heteroatoms. The second-order valence-corrected chi connectivity index (χ2v) is 7.04. The summed E-state index contributed by atoms with van der Waals surface area (Å²) in [6, 6.07) is 8.94. The molecule has 0 spiro atoms. The zero-order valence-corrected chi connectivity index (χ0v) is 15.1. The number of urea groups is 1. The van der Waals surface area contributed by atoms with Gasteiger partial charge in [0, 0.05) is 43.3 Å².